The summed E-state index contributed by atoms with van der Waals surface area (Å²) in [5.41, 5.74) is 1.37. The highest BCUT2D eigenvalue weighted by Gasteiger charge is 2.24. The minimum Gasteiger partial charge on any atom is -0.870 e. The van der Waals surface area contributed by atoms with Gasteiger partial charge in [-0.05, 0) is 18.1 Å². The maximum atomic E-state index is 12.4. The van der Waals surface area contributed by atoms with Gasteiger partial charge in [-0.2, -0.15) is 5.26 Å². The molecule has 1 N–H and O–H groups in total. The molecule has 1 aromatic carbocycles. The van der Waals surface area contributed by atoms with Crippen molar-refractivity contribution in [3.8, 4) is 17.6 Å². The zero-order valence-electron chi connectivity index (χ0n) is 14.9. The number of fused-ring (bicyclic) bond motifs is 1. The number of hydrogen-bond donors (Lipinski definition) is 1. The minimum absolute atomic E-state index is 0.0608. The van der Waals surface area contributed by atoms with E-state index in [1.165, 1.54) is 28.5 Å². The summed E-state index contributed by atoms with van der Waals surface area (Å²) in [5.74, 6) is -0.542. The summed E-state index contributed by atoms with van der Waals surface area (Å²) in [6.45, 7) is 3.71. The molecule has 0 bridgehead atoms. The van der Waals surface area contributed by atoms with Gasteiger partial charge in [0.05, 0.1) is 41.6 Å². The summed E-state index contributed by atoms with van der Waals surface area (Å²) in [6.07, 6.45) is 2.10. The van der Waals surface area contributed by atoms with Gasteiger partial charge in [-0.15, -0.1) is 11.3 Å². The van der Waals surface area contributed by atoms with Gasteiger partial charge in [0, 0.05) is 18.7 Å². The fraction of sp³-hybridized carbons (Fsp3) is 0.333. The van der Waals surface area contributed by atoms with Crippen LogP contribution in [-0.2, 0) is 13.0 Å². The van der Waals surface area contributed by atoms with Crippen LogP contribution in [0.3, 0.4) is 0 Å². The summed E-state index contributed by atoms with van der Waals surface area (Å²) >= 11 is 1.43. The average Bonchev–Trinajstić information content (AvgIpc) is 2.98. The van der Waals surface area contributed by atoms with E-state index in [1.807, 2.05) is 0 Å². The first-order chi connectivity index (χ1) is 12.9. The van der Waals surface area contributed by atoms with Crippen LogP contribution in [0.2, 0.25) is 0 Å². The molecule has 1 aromatic heterocycles. The molecule has 1 unspecified atom stereocenters. The number of benzene rings is 1. The molecule has 0 amide bonds. The molecule has 1 aliphatic heterocycles. The Kier molecular flexibility index (Phi) is 5.39. The smallest absolute Gasteiger partial charge is 0.273 e. The van der Waals surface area contributed by atoms with E-state index in [4.69, 9.17) is 4.74 Å². The lowest BCUT2D eigenvalue weighted by Crippen LogP contribution is -3.08. The van der Waals surface area contributed by atoms with Crippen LogP contribution in [0.1, 0.15) is 28.5 Å². The number of likely N-dealkylation sites (N-methyl/N-ethyl adjacent to an activating group) is 1. The first-order valence-corrected chi connectivity index (χ1v) is 9.28. The molecule has 9 heteroatoms. The molecule has 0 aliphatic carbocycles. The molecule has 0 saturated heterocycles. The van der Waals surface area contributed by atoms with Crippen molar-refractivity contribution < 1.29 is 19.7 Å². The van der Waals surface area contributed by atoms with Crippen molar-refractivity contribution in [2.24, 2.45) is 4.99 Å². The van der Waals surface area contributed by atoms with Crippen LogP contribution in [0.5, 0.6) is 11.5 Å². The third kappa shape index (κ3) is 3.77. The lowest BCUT2D eigenvalue weighted by Gasteiger charge is -2.18. The SMILES string of the molecule is CCOc1cc([N+](=O)[O-])cc(C=Nc2sc3c(c2C#N)CC[NH+](C)C3)c1[O-]. The zero-order valence-corrected chi connectivity index (χ0v) is 15.8. The van der Waals surface area contributed by atoms with Crippen LogP contribution in [0.25, 0.3) is 0 Å². The minimum atomic E-state index is -0.581. The van der Waals surface area contributed by atoms with E-state index in [1.54, 1.807) is 6.92 Å². The van der Waals surface area contributed by atoms with Crippen molar-refractivity contribution in [2.45, 2.75) is 19.9 Å². The van der Waals surface area contributed by atoms with Crippen molar-refractivity contribution >= 4 is 28.2 Å². The van der Waals surface area contributed by atoms with Crippen LogP contribution in [0.4, 0.5) is 10.7 Å². The number of ether oxygens (including phenoxy) is 1. The van der Waals surface area contributed by atoms with E-state index in [0.29, 0.717) is 10.6 Å². The van der Waals surface area contributed by atoms with Crippen LogP contribution in [0.15, 0.2) is 17.1 Å². The summed E-state index contributed by atoms with van der Waals surface area (Å²) in [7, 11) is 2.10. The highest BCUT2D eigenvalue weighted by molar-refractivity contribution is 7.16. The van der Waals surface area contributed by atoms with Crippen LogP contribution in [0, 0.1) is 21.4 Å². The summed E-state index contributed by atoms with van der Waals surface area (Å²) < 4.78 is 5.21. The number of non-ortho nitro benzene ring substituents is 1. The molecule has 0 radical (unpaired) electrons. The second kappa shape index (κ2) is 7.73. The Morgan fingerprint density at radius 3 is 2.96 bits per heavy atom. The Balaban J connectivity index is 2.02. The van der Waals surface area contributed by atoms with E-state index in [9.17, 15) is 20.5 Å². The van der Waals surface area contributed by atoms with Crippen molar-refractivity contribution in [1.82, 2.24) is 0 Å². The van der Waals surface area contributed by atoms with Crippen molar-refractivity contribution in [1.29, 1.82) is 5.26 Å². The fourth-order valence-corrected chi connectivity index (χ4v) is 4.27. The van der Waals surface area contributed by atoms with Gasteiger partial charge in [0.1, 0.15) is 23.4 Å². The quantitative estimate of drug-likeness (QED) is 0.473. The third-order valence-corrected chi connectivity index (χ3v) is 5.49. The van der Waals surface area contributed by atoms with Gasteiger partial charge < -0.3 is 14.7 Å². The van der Waals surface area contributed by atoms with E-state index in [2.05, 4.69) is 18.1 Å². The fourth-order valence-electron chi connectivity index (χ4n) is 3.01. The highest BCUT2D eigenvalue weighted by atomic mass is 32.1. The molecular formula is C18H18N4O4S. The number of nitro benzene ring substituents is 1. The highest BCUT2D eigenvalue weighted by Crippen LogP contribution is 2.37. The molecule has 0 saturated carbocycles. The van der Waals surface area contributed by atoms with Gasteiger partial charge in [0.2, 0.25) is 0 Å². The number of quaternary nitrogens is 1. The lowest BCUT2D eigenvalue weighted by molar-refractivity contribution is -0.895. The van der Waals surface area contributed by atoms with Crippen molar-refractivity contribution in [3.63, 3.8) is 0 Å². The van der Waals surface area contributed by atoms with E-state index in [-0.39, 0.29) is 23.6 Å². The Labute approximate surface area is 160 Å². The monoisotopic (exact) mass is 386 g/mol. The maximum absolute atomic E-state index is 12.4. The average molecular weight is 386 g/mol. The zero-order chi connectivity index (χ0) is 19.6. The second-order valence-corrected chi connectivity index (χ2v) is 7.32. The molecule has 140 valence electrons. The Morgan fingerprint density at radius 1 is 1.52 bits per heavy atom. The lowest BCUT2D eigenvalue weighted by atomic mass is 10.0. The van der Waals surface area contributed by atoms with E-state index < -0.39 is 10.7 Å². The third-order valence-electron chi connectivity index (χ3n) is 4.35. The first kappa shape index (κ1) is 18.8. The number of nitrogens with one attached hydrogen (secondary N) is 1. The molecule has 0 fully saturated rings. The van der Waals surface area contributed by atoms with Gasteiger partial charge in [-0.25, -0.2) is 4.99 Å². The number of rotatable bonds is 5. The normalized spacial score (nSPS) is 16.1. The number of thiophene rings is 1. The predicted molar refractivity (Wildman–Crippen MR) is 99.2 cm³/mol. The van der Waals surface area contributed by atoms with Crippen LogP contribution >= 0.6 is 11.3 Å². The largest absolute Gasteiger partial charge is 0.870 e. The number of aliphatic imine (C=N–C) groups is 1. The maximum Gasteiger partial charge on any atom is 0.273 e. The van der Waals surface area contributed by atoms with Gasteiger partial charge in [-0.3, -0.25) is 10.1 Å². The second-order valence-electron chi connectivity index (χ2n) is 6.24. The number of nitro groups is 1. The Bertz CT molecular complexity index is 961. The van der Waals surface area contributed by atoms with E-state index in [0.717, 1.165) is 36.0 Å². The van der Waals surface area contributed by atoms with Crippen molar-refractivity contribution in [2.75, 3.05) is 20.2 Å². The molecule has 1 atom stereocenters. The molecule has 27 heavy (non-hydrogen) atoms. The topological polar surface area (TPSA) is 116 Å². The molecular weight excluding hydrogens is 368 g/mol. The molecule has 3 rings (SSSR count). The summed E-state index contributed by atoms with van der Waals surface area (Å²) in [6, 6.07) is 4.50. The van der Waals surface area contributed by atoms with Crippen LogP contribution in [-0.4, -0.2) is 31.3 Å². The molecule has 0 spiro atoms. The molecule has 8 nitrogen and oxygen atoms in total. The summed E-state index contributed by atoms with van der Waals surface area (Å²) in [5, 5.41) is 33.6. The van der Waals surface area contributed by atoms with Crippen LogP contribution < -0.4 is 14.7 Å². The van der Waals surface area contributed by atoms with Gasteiger partial charge in [-0.1, -0.05) is 5.75 Å². The number of nitrogens with zero attached hydrogens (tertiary/aromatic N) is 3. The van der Waals surface area contributed by atoms with E-state index >= 15 is 0 Å². The molecule has 1 aliphatic rings. The molecule has 2 aromatic rings. The number of hydrogen-bond acceptors (Lipinski definition) is 7. The van der Waals surface area contributed by atoms with Gasteiger partial charge in [0.15, 0.2) is 0 Å². The number of nitriles is 1. The first-order valence-electron chi connectivity index (χ1n) is 8.46. The molecule has 2 heterocycles. The Morgan fingerprint density at radius 2 is 2.30 bits per heavy atom. The predicted octanol–water partition coefficient (Wildman–Crippen LogP) is 1.32. The van der Waals surface area contributed by atoms with Gasteiger partial charge >= 0.3 is 0 Å². The van der Waals surface area contributed by atoms with Crippen molar-refractivity contribution in [3.05, 3.63) is 43.8 Å². The standard InChI is InChI=1S/C18H18N4O4S/c1-3-26-15-7-12(22(24)25)6-11(17(15)23)9-20-18-14(8-19)13-4-5-21(2)10-16(13)27-18/h6-7,9,23H,3-5,10H2,1-2H3. The Hall–Kier alpha value is -2.96. The summed E-state index contributed by atoms with van der Waals surface area (Å²) in [4.78, 5) is 17.4. The van der Waals surface area contributed by atoms with Gasteiger partial charge in [0.25, 0.3) is 5.69 Å².